The lowest BCUT2D eigenvalue weighted by molar-refractivity contribution is -0.137. The summed E-state index contributed by atoms with van der Waals surface area (Å²) in [4.78, 5) is 11.1. The van der Waals surface area contributed by atoms with E-state index in [2.05, 4.69) is 10.6 Å². The third kappa shape index (κ3) is 5.40. The van der Waals surface area contributed by atoms with Crippen molar-refractivity contribution in [2.75, 3.05) is 13.1 Å². The first kappa shape index (κ1) is 15.0. The van der Waals surface area contributed by atoms with Gasteiger partial charge in [-0.1, -0.05) is 18.2 Å². The van der Waals surface area contributed by atoms with Crippen LogP contribution in [0.15, 0.2) is 24.3 Å². The molecular weight excluding hydrogens is 259 g/mol. The van der Waals surface area contributed by atoms with Crippen LogP contribution in [-0.2, 0) is 17.5 Å². The first-order chi connectivity index (χ1) is 8.93. The highest BCUT2D eigenvalue weighted by atomic mass is 19.4. The van der Waals surface area contributed by atoms with E-state index in [4.69, 9.17) is 5.26 Å². The molecule has 0 aliphatic heterocycles. The van der Waals surface area contributed by atoms with Crippen LogP contribution in [0.5, 0.6) is 0 Å². The van der Waals surface area contributed by atoms with Crippen molar-refractivity contribution in [3.63, 3.8) is 0 Å². The predicted molar refractivity (Wildman–Crippen MR) is 61.8 cm³/mol. The molecule has 0 aromatic heterocycles. The zero-order chi connectivity index (χ0) is 14.3. The molecule has 1 aromatic rings. The number of rotatable bonds is 5. The van der Waals surface area contributed by atoms with Crippen molar-refractivity contribution in [1.29, 1.82) is 5.26 Å². The fourth-order valence-electron chi connectivity index (χ4n) is 1.38. The minimum Gasteiger partial charge on any atom is -0.342 e. The molecule has 7 heteroatoms. The summed E-state index contributed by atoms with van der Waals surface area (Å²) in [5.74, 6) is -0.381. The van der Waals surface area contributed by atoms with Gasteiger partial charge in [-0.2, -0.15) is 18.4 Å². The fourth-order valence-corrected chi connectivity index (χ4v) is 1.38. The molecule has 19 heavy (non-hydrogen) atoms. The number of benzene rings is 1. The van der Waals surface area contributed by atoms with E-state index in [-0.39, 0.29) is 25.5 Å². The molecule has 0 saturated carbocycles. The maximum absolute atomic E-state index is 12.4. The summed E-state index contributed by atoms with van der Waals surface area (Å²) < 4.78 is 37.3. The number of nitriles is 1. The van der Waals surface area contributed by atoms with Gasteiger partial charge in [0, 0.05) is 6.54 Å². The molecule has 0 radical (unpaired) electrons. The molecule has 4 nitrogen and oxygen atoms in total. The first-order valence-corrected chi connectivity index (χ1v) is 5.44. The van der Waals surface area contributed by atoms with Gasteiger partial charge in [0.15, 0.2) is 0 Å². The van der Waals surface area contributed by atoms with Crippen molar-refractivity contribution < 1.29 is 18.0 Å². The van der Waals surface area contributed by atoms with E-state index in [0.29, 0.717) is 5.56 Å². The second-order valence-electron chi connectivity index (χ2n) is 3.74. The van der Waals surface area contributed by atoms with Gasteiger partial charge < -0.3 is 10.6 Å². The smallest absolute Gasteiger partial charge is 0.342 e. The minimum atomic E-state index is -4.37. The maximum Gasteiger partial charge on any atom is 0.416 e. The Labute approximate surface area is 108 Å². The Morgan fingerprint density at radius 3 is 2.74 bits per heavy atom. The van der Waals surface area contributed by atoms with Gasteiger partial charge in [0.1, 0.15) is 6.54 Å². The Bertz CT molecular complexity index is 480. The van der Waals surface area contributed by atoms with Gasteiger partial charge in [0.2, 0.25) is 5.91 Å². The number of amides is 1. The lowest BCUT2D eigenvalue weighted by atomic mass is 10.1. The molecule has 0 atom stereocenters. The number of carbonyl (C=O) groups is 1. The summed E-state index contributed by atoms with van der Waals surface area (Å²) in [6, 6.07) is 6.62. The van der Waals surface area contributed by atoms with E-state index in [1.807, 2.05) is 0 Å². The molecule has 0 heterocycles. The Balaban J connectivity index is 2.46. The van der Waals surface area contributed by atoms with Crippen LogP contribution in [0.1, 0.15) is 11.1 Å². The van der Waals surface area contributed by atoms with Crippen molar-refractivity contribution in [1.82, 2.24) is 10.6 Å². The van der Waals surface area contributed by atoms with Crippen LogP contribution >= 0.6 is 0 Å². The molecule has 0 saturated heterocycles. The minimum absolute atomic E-state index is 0.0576. The molecular formula is C12H12F3N3O. The van der Waals surface area contributed by atoms with Crippen LogP contribution < -0.4 is 10.6 Å². The molecule has 2 N–H and O–H groups in total. The molecule has 0 unspecified atom stereocenters. The Morgan fingerprint density at radius 2 is 2.11 bits per heavy atom. The zero-order valence-corrected chi connectivity index (χ0v) is 9.92. The lowest BCUT2D eigenvalue weighted by Crippen LogP contribution is -2.33. The topological polar surface area (TPSA) is 64.9 Å². The highest BCUT2D eigenvalue weighted by Gasteiger charge is 2.30. The largest absolute Gasteiger partial charge is 0.416 e. The zero-order valence-electron chi connectivity index (χ0n) is 9.92. The summed E-state index contributed by atoms with van der Waals surface area (Å²) in [5.41, 5.74) is -0.288. The number of carbonyl (C=O) groups excluding carboxylic acids is 1. The molecule has 0 fully saturated rings. The summed E-state index contributed by atoms with van der Waals surface area (Å²) in [5, 5.41) is 13.2. The standard InChI is InChI=1S/C12H12F3N3O/c13-12(14,15)10-3-1-2-9(6-10)7-17-8-11(19)18-5-4-16/h1-3,6,17H,5,7-8H2,(H,18,19). The number of nitrogens with one attached hydrogen (secondary N) is 2. The second-order valence-corrected chi connectivity index (χ2v) is 3.74. The molecule has 102 valence electrons. The van der Waals surface area contributed by atoms with Gasteiger partial charge in [-0.05, 0) is 11.6 Å². The van der Waals surface area contributed by atoms with Crippen LogP contribution in [0.25, 0.3) is 0 Å². The van der Waals surface area contributed by atoms with E-state index in [0.717, 1.165) is 12.1 Å². The number of hydrogen-bond donors (Lipinski definition) is 2. The van der Waals surface area contributed by atoms with Crippen LogP contribution in [0.4, 0.5) is 13.2 Å². The Hall–Kier alpha value is -2.07. The molecule has 0 bridgehead atoms. The lowest BCUT2D eigenvalue weighted by Gasteiger charge is -2.09. The summed E-state index contributed by atoms with van der Waals surface area (Å²) in [6.45, 7) is -0.00804. The van der Waals surface area contributed by atoms with Gasteiger partial charge in [-0.25, -0.2) is 0 Å². The van der Waals surface area contributed by atoms with Gasteiger partial charge >= 0.3 is 6.18 Å². The number of hydrogen-bond acceptors (Lipinski definition) is 3. The average molecular weight is 271 g/mol. The van der Waals surface area contributed by atoms with Crippen molar-refractivity contribution in [2.45, 2.75) is 12.7 Å². The molecule has 0 spiro atoms. The normalized spacial score (nSPS) is 10.8. The van der Waals surface area contributed by atoms with E-state index in [1.165, 1.54) is 12.1 Å². The van der Waals surface area contributed by atoms with E-state index in [9.17, 15) is 18.0 Å². The van der Waals surface area contributed by atoms with Gasteiger partial charge in [-0.15, -0.1) is 0 Å². The average Bonchev–Trinajstić information content (AvgIpc) is 2.36. The van der Waals surface area contributed by atoms with E-state index < -0.39 is 11.7 Å². The van der Waals surface area contributed by atoms with Crippen molar-refractivity contribution in [3.05, 3.63) is 35.4 Å². The van der Waals surface area contributed by atoms with Crippen LogP contribution in [0.3, 0.4) is 0 Å². The van der Waals surface area contributed by atoms with Gasteiger partial charge in [0.25, 0.3) is 0 Å². The summed E-state index contributed by atoms with van der Waals surface area (Å²) in [7, 11) is 0. The highest BCUT2D eigenvalue weighted by Crippen LogP contribution is 2.29. The van der Waals surface area contributed by atoms with Crippen molar-refractivity contribution >= 4 is 5.91 Å². The van der Waals surface area contributed by atoms with Gasteiger partial charge in [0.05, 0.1) is 18.2 Å². The number of nitrogens with zero attached hydrogens (tertiary/aromatic N) is 1. The molecule has 1 aromatic carbocycles. The van der Waals surface area contributed by atoms with E-state index >= 15 is 0 Å². The number of halogens is 3. The van der Waals surface area contributed by atoms with Gasteiger partial charge in [-0.3, -0.25) is 4.79 Å². The highest BCUT2D eigenvalue weighted by molar-refractivity contribution is 5.78. The van der Waals surface area contributed by atoms with Crippen molar-refractivity contribution in [2.24, 2.45) is 0 Å². The first-order valence-electron chi connectivity index (χ1n) is 5.44. The fraction of sp³-hybridized carbons (Fsp3) is 0.333. The summed E-state index contributed by atoms with van der Waals surface area (Å²) >= 11 is 0. The number of alkyl halides is 3. The predicted octanol–water partition coefficient (Wildman–Crippen LogP) is 1.43. The maximum atomic E-state index is 12.4. The van der Waals surface area contributed by atoms with Crippen LogP contribution in [-0.4, -0.2) is 19.0 Å². The SMILES string of the molecule is N#CCNC(=O)CNCc1cccc(C(F)(F)F)c1. The molecule has 0 aliphatic rings. The van der Waals surface area contributed by atoms with Crippen molar-refractivity contribution in [3.8, 4) is 6.07 Å². The Morgan fingerprint density at radius 1 is 1.37 bits per heavy atom. The third-order valence-electron chi connectivity index (χ3n) is 2.23. The monoisotopic (exact) mass is 271 g/mol. The molecule has 0 aliphatic carbocycles. The van der Waals surface area contributed by atoms with Crippen LogP contribution in [0.2, 0.25) is 0 Å². The molecule has 1 rings (SSSR count). The van der Waals surface area contributed by atoms with Crippen LogP contribution in [0, 0.1) is 11.3 Å². The molecule has 1 amide bonds. The van der Waals surface area contributed by atoms with E-state index in [1.54, 1.807) is 6.07 Å². The Kier molecular flexibility index (Phi) is 5.33. The summed E-state index contributed by atoms with van der Waals surface area (Å²) in [6.07, 6.45) is -4.37. The third-order valence-corrected chi connectivity index (χ3v) is 2.23. The second kappa shape index (κ2) is 6.75. The quantitative estimate of drug-likeness (QED) is 0.796.